The summed E-state index contributed by atoms with van der Waals surface area (Å²) in [6, 6.07) is 2.43. The number of nitrogens with zero attached hydrogens (tertiary/aromatic N) is 1. The highest BCUT2D eigenvalue weighted by Crippen LogP contribution is 2.43. The minimum absolute atomic E-state index is 0.0147. The number of carbonyl (C=O) groups is 1. The molecule has 0 aliphatic heterocycles. The van der Waals surface area contributed by atoms with E-state index in [4.69, 9.17) is 32.7 Å². The van der Waals surface area contributed by atoms with Crippen molar-refractivity contribution in [3.05, 3.63) is 45.3 Å². The lowest BCUT2D eigenvalue weighted by atomic mass is 10.1. The molecular weight excluding hydrogens is 433 g/mol. The van der Waals surface area contributed by atoms with Crippen molar-refractivity contribution in [2.45, 2.75) is 19.5 Å². The van der Waals surface area contributed by atoms with Gasteiger partial charge in [-0.1, -0.05) is 23.2 Å². The Bertz CT molecular complexity index is 902. The fourth-order valence-corrected chi connectivity index (χ4v) is 3.08. The fraction of sp³-hybridized carbons (Fsp3) is 0.333. The highest BCUT2D eigenvalue weighted by Gasteiger charge is 2.27. The number of hydrogen-bond donors (Lipinski definition) is 1. The zero-order valence-electron chi connectivity index (χ0n) is 15.1. The summed E-state index contributed by atoms with van der Waals surface area (Å²) < 4.78 is 41.3. The van der Waals surface area contributed by atoms with Gasteiger partial charge in [-0.2, -0.15) is 13.5 Å². The van der Waals surface area contributed by atoms with Crippen molar-refractivity contribution in [1.29, 1.82) is 0 Å². The summed E-state index contributed by atoms with van der Waals surface area (Å²) in [5.74, 6) is -0.818. The second-order valence-corrected chi connectivity index (χ2v) is 7.06. The van der Waals surface area contributed by atoms with Crippen LogP contribution >= 0.6 is 23.2 Å². The molecule has 1 aliphatic carbocycles. The topological polar surface area (TPSA) is 83.7 Å². The molecule has 1 N–H and O–H groups in total. The lowest BCUT2D eigenvalue weighted by molar-refractivity contribution is -0.605. The number of carbonyl (C=O) groups excluding carboxylic acids is 1. The van der Waals surface area contributed by atoms with E-state index in [2.05, 4.69) is 10.1 Å². The van der Waals surface area contributed by atoms with E-state index in [1.807, 2.05) is 0 Å². The largest absolute Gasteiger partial charge is 0.619 e. The van der Waals surface area contributed by atoms with Crippen LogP contribution in [0.2, 0.25) is 10.0 Å². The van der Waals surface area contributed by atoms with Crippen LogP contribution in [0.15, 0.2) is 24.5 Å². The average molecular weight is 449 g/mol. The molecule has 2 aromatic rings. The minimum atomic E-state index is -3.08. The number of halogens is 4. The molecule has 0 saturated heterocycles. The highest BCUT2D eigenvalue weighted by molar-refractivity contribution is 6.39. The summed E-state index contributed by atoms with van der Waals surface area (Å²) in [5, 5.41) is 13.7. The molecule has 1 amide bonds. The molecule has 0 unspecified atom stereocenters. The molecule has 0 radical (unpaired) electrons. The number of methoxy groups -OCH3 is 1. The molecule has 11 heteroatoms. The van der Waals surface area contributed by atoms with Gasteiger partial charge in [-0.15, -0.1) is 0 Å². The van der Waals surface area contributed by atoms with E-state index in [1.54, 1.807) is 0 Å². The predicted molar refractivity (Wildman–Crippen MR) is 101 cm³/mol. The van der Waals surface area contributed by atoms with E-state index in [0.29, 0.717) is 10.6 Å². The van der Waals surface area contributed by atoms with E-state index >= 15 is 0 Å². The van der Waals surface area contributed by atoms with Crippen molar-refractivity contribution in [2.24, 2.45) is 5.92 Å². The first-order chi connectivity index (χ1) is 13.8. The lowest BCUT2D eigenvalue weighted by Crippen LogP contribution is -2.25. The molecule has 29 heavy (non-hydrogen) atoms. The first-order valence-electron chi connectivity index (χ1n) is 8.48. The van der Waals surface area contributed by atoms with Gasteiger partial charge in [0.15, 0.2) is 11.5 Å². The number of alkyl halides is 2. The summed E-state index contributed by atoms with van der Waals surface area (Å²) in [4.78, 5) is 12.8. The van der Waals surface area contributed by atoms with Gasteiger partial charge in [0, 0.05) is 0 Å². The third-order valence-corrected chi connectivity index (χ3v) is 4.67. The van der Waals surface area contributed by atoms with E-state index in [9.17, 15) is 18.8 Å². The van der Waals surface area contributed by atoms with Crippen LogP contribution in [0, 0.1) is 11.1 Å². The fourth-order valence-electron chi connectivity index (χ4n) is 2.54. The Morgan fingerprint density at radius 3 is 2.48 bits per heavy atom. The number of rotatable bonds is 8. The van der Waals surface area contributed by atoms with Crippen LogP contribution in [-0.2, 0) is 0 Å². The Hall–Kier alpha value is -2.52. The molecule has 1 heterocycles. The van der Waals surface area contributed by atoms with Gasteiger partial charge in [0.1, 0.15) is 10.0 Å². The van der Waals surface area contributed by atoms with E-state index in [1.165, 1.54) is 19.2 Å². The van der Waals surface area contributed by atoms with Gasteiger partial charge >= 0.3 is 6.61 Å². The van der Waals surface area contributed by atoms with Crippen LogP contribution in [0.25, 0.3) is 0 Å². The van der Waals surface area contributed by atoms with Gasteiger partial charge in [0.05, 0.1) is 25.0 Å². The number of ether oxygens (including phenoxy) is 3. The summed E-state index contributed by atoms with van der Waals surface area (Å²) in [6.45, 7) is -2.80. The summed E-state index contributed by atoms with van der Waals surface area (Å²) in [5.41, 5.74) is -0.00765. The molecule has 0 atom stereocenters. The first-order valence-corrected chi connectivity index (χ1v) is 9.23. The normalized spacial score (nSPS) is 13.3. The Morgan fingerprint density at radius 1 is 1.28 bits per heavy atom. The number of amides is 1. The Kier molecular flexibility index (Phi) is 6.49. The molecule has 0 bridgehead atoms. The Morgan fingerprint density at radius 2 is 1.93 bits per heavy atom. The van der Waals surface area contributed by atoms with Crippen molar-refractivity contribution in [2.75, 3.05) is 19.0 Å². The second-order valence-electron chi connectivity index (χ2n) is 6.25. The number of benzene rings is 1. The number of aromatic nitrogens is 1. The van der Waals surface area contributed by atoms with E-state index < -0.39 is 12.5 Å². The van der Waals surface area contributed by atoms with E-state index in [0.717, 1.165) is 25.2 Å². The van der Waals surface area contributed by atoms with Gasteiger partial charge in [0.25, 0.3) is 5.91 Å². The zero-order valence-corrected chi connectivity index (χ0v) is 16.6. The number of nitrogens with one attached hydrogen (secondary N) is 1. The highest BCUT2D eigenvalue weighted by atomic mass is 35.5. The van der Waals surface area contributed by atoms with Crippen molar-refractivity contribution < 1.29 is 32.5 Å². The summed E-state index contributed by atoms with van der Waals surface area (Å²) >= 11 is 11.9. The minimum Gasteiger partial charge on any atom is -0.619 e. The Labute approximate surface area is 174 Å². The molecule has 1 aromatic carbocycles. The lowest BCUT2D eigenvalue weighted by Gasteiger charge is -2.18. The van der Waals surface area contributed by atoms with E-state index in [-0.39, 0.29) is 45.2 Å². The monoisotopic (exact) mass is 448 g/mol. The molecule has 156 valence electrons. The standard InChI is InChI=1S/C18H16Cl2F2N2O5/c1-27-15-10(17(25)23-14-11(19)6-24(26)7-12(14)20)4-5-13(29-18(21)22)16(15)28-8-9-2-3-9/h4-7,9,18H,2-3,8H2,1H3,(H,23,25). The molecule has 1 aromatic heterocycles. The molecule has 1 saturated carbocycles. The summed E-state index contributed by atoms with van der Waals surface area (Å²) in [7, 11) is 1.27. The smallest absolute Gasteiger partial charge is 0.387 e. The predicted octanol–water partition coefficient (Wildman–Crippen LogP) is 4.28. The van der Waals surface area contributed by atoms with Crippen molar-refractivity contribution in [3.8, 4) is 17.2 Å². The quantitative estimate of drug-likeness (QED) is 0.481. The SMILES string of the molecule is COc1c(C(=O)Nc2c(Cl)c[n+]([O-])cc2Cl)ccc(OC(F)F)c1OCC1CC1. The molecule has 3 rings (SSSR count). The summed E-state index contributed by atoms with van der Waals surface area (Å²) in [6.07, 6.45) is 3.98. The van der Waals surface area contributed by atoms with Crippen molar-refractivity contribution >= 4 is 34.8 Å². The van der Waals surface area contributed by atoms with Crippen molar-refractivity contribution in [3.63, 3.8) is 0 Å². The van der Waals surface area contributed by atoms with Gasteiger partial charge in [-0.05, 0) is 30.9 Å². The Balaban J connectivity index is 1.95. The van der Waals surface area contributed by atoms with Crippen LogP contribution in [0.5, 0.6) is 17.2 Å². The molecular formula is C18H16Cl2F2N2O5. The van der Waals surface area contributed by atoms with Crippen LogP contribution in [0.4, 0.5) is 14.5 Å². The molecule has 1 fully saturated rings. The maximum Gasteiger partial charge on any atom is 0.387 e. The second kappa shape index (κ2) is 8.87. The van der Waals surface area contributed by atoms with Crippen molar-refractivity contribution in [1.82, 2.24) is 0 Å². The third-order valence-electron chi connectivity index (χ3n) is 4.10. The van der Waals surface area contributed by atoms with Crippen LogP contribution < -0.4 is 24.3 Å². The number of hydrogen-bond acceptors (Lipinski definition) is 5. The maximum atomic E-state index is 12.8. The van der Waals surface area contributed by atoms with Gasteiger partial charge in [-0.25, -0.2) is 0 Å². The molecule has 1 aliphatic rings. The van der Waals surface area contributed by atoms with Crippen LogP contribution in [0.1, 0.15) is 23.2 Å². The van der Waals surface area contributed by atoms with Gasteiger partial charge < -0.3 is 24.7 Å². The zero-order chi connectivity index (χ0) is 21.1. The van der Waals surface area contributed by atoms with Crippen LogP contribution in [0.3, 0.4) is 0 Å². The third kappa shape index (κ3) is 5.10. The molecule has 0 spiro atoms. The number of pyridine rings is 1. The van der Waals surface area contributed by atoms with Gasteiger partial charge in [0.2, 0.25) is 18.1 Å². The molecule has 7 nitrogen and oxygen atoms in total. The number of anilines is 1. The maximum absolute atomic E-state index is 12.8. The van der Waals surface area contributed by atoms with Gasteiger partial charge in [-0.3, -0.25) is 4.79 Å². The first kappa shape index (κ1) is 21.2. The van der Waals surface area contributed by atoms with Crippen LogP contribution in [-0.4, -0.2) is 26.2 Å². The average Bonchev–Trinajstić information content (AvgIpc) is 3.46.